The highest BCUT2D eigenvalue weighted by Crippen LogP contribution is 2.58. The summed E-state index contributed by atoms with van der Waals surface area (Å²) in [5, 5.41) is 0. The molecule has 13 aliphatic heterocycles. The molecule has 0 N–H and O–H groups in total. The summed E-state index contributed by atoms with van der Waals surface area (Å²) in [7, 11) is 0. The average Bonchev–Trinajstić information content (AvgIpc) is 1.57. The van der Waals surface area contributed by atoms with Crippen molar-refractivity contribution in [2.24, 2.45) is 51.8 Å². The predicted molar refractivity (Wildman–Crippen MR) is 419 cm³/mol. The van der Waals surface area contributed by atoms with E-state index >= 15 is 0 Å². The summed E-state index contributed by atoms with van der Waals surface area (Å²) in [5.74, 6) is -25.2. The minimum Gasteiger partial charge on any atom is -0.463 e. The fourth-order valence-electron chi connectivity index (χ4n) is 19.2. The van der Waals surface area contributed by atoms with Crippen LogP contribution in [0.1, 0.15) is 205 Å². The molecule has 0 amide bonds. The van der Waals surface area contributed by atoms with Crippen LogP contribution in [0, 0.1) is 51.8 Å². The molecule has 0 bridgehead atoms. The van der Waals surface area contributed by atoms with Gasteiger partial charge in [0.05, 0.1) is 46.5 Å². The summed E-state index contributed by atoms with van der Waals surface area (Å²) in [4.78, 5) is 160. The van der Waals surface area contributed by atoms with Gasteiger partial charge in [-0.2, -0.15) is 79.0 Å². The van der Waals surface area contributed by atoms with Gasteiger partial charge in [-0.05, 0) is 119 Å². The Labute approximate surface area is 805 Å². The van der Waals surface area contributed by atoms with Crippen LogP contribution in [0.3, 0.4) is 0 Å². The van der Waals surface area contributed by atoms with Crippen molar-refractivity contribution in [3.05, 3.63) is 0 Å². The van der Waals surface area contributed by atoms with Crippen molar-refractivity contribution in [2.45, 2.75) is 406 Å². The Kier molecular flexibility index (Phi) is 31.4. The highest BCUT2D eigenvalue weighted by molar-refractivity contribution is 5.87. The van der Waals surface area contributed by atoms with Crippen LogP contribution in [-0.4, -0.2) is 292 Å². The lowest BCUT2D eigenvalue weighted by molar-refractivity contribution is -0.315. The molecule has 4 saturated carbocycles. The summed E-state index contributed by atoms with van der Waals surface area (Å²) >= 11 is 0. The normalized spacial score (nSPS) is 37.9. The summed E-state index contributed by atoms with van der Waals surface area (Å²) in [6.45, 7) is 17.1. The van der Waals surface area contributed by atoms with E-state index in [-0.39, 0.29) is 83.7 Å². The van der Waals surface area contributed by atoms with Crippen LogP contribution in [0.15, 0.2) is 0 Å². The maximum atomic E-state index is 13.6. The van der Waals surface area contributed by atoms with E-state index in [0.29, 0.717) is 38.5 Å². The first-order chi connectivity index (χ1) is 66.7. The molecule has 0 aromatic rings. The van der Waals surface area contributed by atoms with Gasteiger partial charge >= 0.3 is 115 Å². The first-order valence-electron chi connectivity index (χ1n) is 46.8. The first-order valence-corrected chi connectivity index (χ1v) is 46.8. The standard InChI is InChI=1S/C24H29F3O11.C22H26F6O9.C21H24F6O9.C21H27F3O9/c1-4-22(2,3)21(31)36-15-13-14(34-19(15)30)16-20(35-13)38-23(37-16)7-5-10(24(25,26)27)9-11(23)17(28)33-12-6-8-32-18(12)29;1-4-19(2,3)18(31)34-12-10-11(32-15(12)30)13-16(33-10)37-20(36-13)7-5-9(6-8-20)14(29)35-17(21(23,24)25)22(26,27)28;1-3-8(2)14(28)32-12-10-11(31-16(12)30)13-17(33-10)36-19(35-13)6-4-9(5-7-19)15(29)34-18(20(22,23)24)21(25,26)27;1-4-19(2,3)18(27)31-13-11-12(29-16(13)26)14-17(30-11)33-20(32-14)8-6-5-7-10(20)15(25)28-9-21(22,23)24/h10-16,20H,4-9H2,1-3H3;9-13,16-17H,4-8H2,1-3H3;8-13,17-18H,3-7H2,1-2H3;10-14,17H,4-9H2,1-3H3. The van der Waals surface area contributed by atoms with Gasteiger partial charge in [-0.25, -0.2) is 24.0 Å². The number of halogens is 18. The van der Waals surface area contributed by atoms with E-state index in [1.807, 2.05) is 6.92 Å². The number of cyclic esters (lactones) is 1. The van der Waals surface area contributed by atoms with Gasteiger partial charge in [0, 0.05) is 44.9 Å². The van der Waals surface area contributed by atoms with Crippen molar-refractivity contribution in [3.8, 4) is 0 Å². The maximum Gasteiger partial charge on any atom is 0.434 e. The molecule has 4 spiro atoms. The quantitative estimate of drug-likeness (QED) is 0.0620. The molecule has 27 atom stereocenters. The fourth-order valence-corrected chi connectivity index (χ4v) is 19.2. The van der Waals surface area contributed by atoms with E-state index in [1.54, 1.807) is 69.2 Å². The number of fused-ring (bicyclic) bond motifs is 12. The number of esters is 13. The van der Waals surface area contributed by atoms with Crippen molar-refractivity contribution < 1.29 is 260 Å². The molecule has 0 aromatic heterocycles. The lowest BCUT2D eigenvalue weighted by atomic mass is 9.76. The Bertz CT molecular complexity index is 4760. The van der Waals surface area contributed by atoms with E-state index in [4.69, 9.17) is 104 Å². The van der Waals surface area contributed by atoms with Crippen LogP contribution in [0.25, 0.3) is 0 Å². The molecule has 0 radical (unpaired) electrons. The first kappa shape index (κ1) is 111. The van der Waals surface area contributed by atoms with Crippen molar-refractivity contribution >= 4 is 77.6 Å². The van der Waals surface area contributed by atoms with E-state index < -0.39 is 350 Å². The molecule has 17 fully saturated rings. The van der Waals surface area contributed by atoms with Gasteiger partial charge in [0.1, 0.15) is 36.3 Å². The lowest BCUT2D eigenvalue weighted by Gasteiger charge is -2.42. The van der Waals surface area contributed by atoms with Crippen LogP contribution in [0.5, 0.6) is 0 Å². The van der Waals surface area contributed by atoms with E-state index in [2.05, 4.69) is 14.2 Å². The molecule has 13 saturated heterocycles. The monoisotopic (exact) mass is 2110 g/mol. The molecule has 27 unspecified atom stereocenters. The fraction of sp³-hybridized carbons (Fsp3) is 0.852. The highest BCUT2D eigenvalue weighted by atomic mass is 19.4. The van der Waals surface area contributed by atoms with Crippen molar-refractivity contribution in [1.82, 2.24) is 0 Å². The average molecular weight is 2110 g/mol. The van der Waals surface area contributed by atoms with Crippen LogP contribution in [0.4, 0.5) is 79.0 Å². The van der Waals surface area contributed by atoms with Crippen LogP contribution < -0.4 is 0 Å². The minimum atomic E-state index is -5.80. The van der Waals surface area contributed by atoms with Crippen molar-refractivity contribution in [3.63, 3.8) is 0 Å². The summed E-state index contributed by atoms with van der Waals surface area (Å²) < 4.78 is 366. The van der Waals surface area contributed by atoms with Gasteiger partial charge in [-0.3, -0.25) is 38.4 Å². The Hall–Kier alpha value is -8.63. The Morgan fingerprint density at radius 2 is 0.722 bits per heavy atom. The molecule has 0 aromatic carbocycles. The number of hydrogen-bond acceptors (Lipinski definition) is 38. The lowest BCUT2D eigenvalue weighted by Crippen LogP contribution is -2.52. The van der Waals surface area contributed by atoms with Crippen molar-refractivity contribution in [1.29, 1.82) is 0 Å². The smallest absolute Gasteiger partial charge is 0.434 e. The molecule has 144 heavy (non-hydrogen) atoms. The predicted octanol–water partition coefficient (Wildman–Crippen LogP) is 10.6. The third-order valence-electron chi connectivity index (χ3n) is 29.0. The Morgan fingerprint density at radius 1 is 0.368 bits per heavy atom. The van der Waals surface area contributed by atoms with Crippen molar-refractivity contribution in [2.75, 3.05) is 13.2 Å². The molecule has 38 nitrogen and oxygen atoms in total. The van der Waals surface area contributed by atoms with Crippen LogP contribution >= 0.6 is 0 Å². The highest BCUT2D eigenvalue weighted by Gasteiger charge is 2.75. The molecular weight excluding hydrogens is 2010 g/mol. The van der Waals surface area contributed by atoms with Crippen LogP contribution in [-0.2, 0) is 181 Å². The zero-order chi connectivity index (χ0) is 106. The molecule has 13 heterocycles. The van der Waals surface area contributed by atoms with E-state index in [1.165, 1.54) is 0 Å². The summed E-state index contributed by atoms with van der Waals surface area (Å²) in [5.41, 5.74) is -2.51. The van der Waals surface area contributed by atoms with Gasteiger partial charge in [0.25, 0.3) is 12.2 Å². The SMILES string of the molecule is CCC(C)(C)C(=O)OC1C(=O)OC2C3OC4(CCC(C(=O)OC(C(F)(F)F)C(F)(F)F)CC4)OC3OC12.CCC(C)(C)C(=O)OC1C(=O)OC2C3OC4(CCC(C(F)(F)F)CC4C(=O)OC4CCOC4=O)OC3OC12.CCC(C)(C)C(=O)OC1C(=O)OC2C3OC4(CCCCC4C(=O)OCC(F)(F)F)OC3OC12.CCC(C)C(=O)OC1C(=O)OC2C3OC4(CCC(C(=O)OC(C(F)(F)F)C(F)(F)F)CC4)OC3OC12. The zero-order valence-electron chi connectivity index (χ0n) is 78.6. The van der Waals surface area contributed by atoms with Gasteiger partial charge in [-0.15, -0.1) is 0 Å². The Balaban J connectivity index is 0.000000152. The Morgan fingerprint density at radius 3 is 1.06 bits per heavy atom. The third-order valence-corrected chi connectivity index (χ3v) is 29.0. The largest absolute Gasteiger partial charge is 0.463 e. The topological polar surface area (TPSA) is 453 Å². The number of rotatable bonds is 20. The number of alkyl halides is 18. The van der Waals surface area contributed by atoms with E-state index in [0.717, 1.165) is 0 Å². The molecule has 4 aliphatic carbocycles. The number of hydrogen-bond donors (Lipinski definition) is 0. The molecule has 17 aliphatic rings. The number of carbonyl (C=O) groups is 13. The number of carbonyl (C=O) groups excluding carboxylic acids is 13. The second-order valence-corrected chi connectivity index (χ2v) is 39.9. The van der Waals surface area contributed by atoms with Gasteiger partial charge < -0.3 is 118 Å². The van der Waals surface area contributed by atoms with Gasteiger partial charge in [0.2, 0.25) is 30.5 Å². The second-order valence-electron chi connectivity index (χ2n) is 39.9. The molecular formula is C88H106F18O38. The summed E-state index contributed by atoms with van der Waals surface area (Å²) in [6.07, 6.45) is -62.0. The minimum absolute atomic E-state index is 0.0262. The molecule has 56 heteroatoms. The number of ether oxygens (including phenoxy) is 25. The van der Waals surface area contributed by atoms with Gasteiger partial charge in [-0.1, -0.05) is 41.0 Å². The maximum absolute atomic E-state index is 13.6. The summed E-state index contributed by atoms with van der Waals surface area (Å²) in [6, 6.07) is 0. The van der Waals surface area contributed by atoms with Crippen LogP contribution in [0.2, 0.25) is 0 Å². The molecule has 812 valence electrons. The van der Waals surface area contributed by atoms with Gasteiger partial charge in [0.15, 0.2) is 104 Å². The third kappa shape index (κ3) is 22.8. The second kappa shape index (κ2) is 40.7. The zero-order valence-corrected chi connectivity index (χ0v) is 78.6. The molecule has 17 rings (SSSR count). The van der Waals surface area contributed by atoms with E-state index in [9.17, 15) is 141 Å².